The van der Waals surface area contributed by atoms with E-state index in [-0.39, 0.29) is 5.91 Å². The van der Waals surface area contributed by atoms with Gasteiger partial charge in [-0.3, -0.25) is 4.79 Å². The van der Waals surface area contributed by atoms with Gasteiger partial charge in [0.05, 0.1) is 10.2 Å². The van der Waals surface area contributed by atoms with Crippen molar-refractivity contribution in [3.8, 4) is 0 Å². The number of aryl methyl sites for hydroxylation is 2. The average Bonchev–Trinajstić information content (AvgIpc) is 3.19. The van der Waals surface area contributed by atoms with Crippen LogP contribution < -0.4 is 4.90 Å². The maximum atomic E-state index is 13.2. The molecule has 1 aliphatic heterocycles. The molecule has 1 saturated heterocycles. The molecule has 0 unspecified atom stereocenters. The van der Waals surface area contributed by atoms with Crippen LogP contribution in [0.1, 0.15) is 28.1 Å². The fraction of sp³-hybridized carbons (Fsp3) is 0.304. The molecule has 0 bridgehead atoms. The molecule has 3 heterocycles. The number of carbonyl (C=O) groups is 1. The monoisotopic (exact) mass is 405 g/mol. The Balaban J connectivity index is 1.36. The Morgan fingerprint density at radius 3 is 2.79 bits per heavy atom. The number of anilines is 1. The number of rotatable bonds is 2. The standard InChI is InChI=1S/C23H23N3O2S/c1-15-8-9-19-17(14-15)16(2)21(28-19)22(27)25-10-5-11-26(13-12-25)23-24-18-6-3-4-7-20(18)29-23/h3-4,6-9,14H,5,10-13H2,1-2H3. The zero-order valence-electron chi connectivity index (χ0n) is 16.6. The predicted molar refractivity (Wildman–Crippen MR) is 118 cm³/mol. The van der Waals surface area contributed by atoms with Crippen molar-refractivity contribution in [2.75, 3.05) is 31.1 Å². The summed E-state index contributed by atoms with van der Waals surface area (Å²) in [5.74, 6) is 0.460. The lowest BCUT2D eigenvalue weighted by molar-refractivity contribution is 0.0736. The molecule has 1 fully saturated rings. The van der Waals surface area contributed by atoms with Gasteiger partial charge in [-0.05, 0) is 44.5 Å². The van der Waals surface area contributed by atoms with Crippen LogP contribution in [-0.2, 0) is 0 Å². The minimum absolute atomic E-state index is 0.0116. The van der Waals surface area contributed by atoms with Gasteiger partial charge in [0.1, 0.15) is 5.58 Å². The van der Waals surface area contributed by atoms with Crippen LogP contribution >= 0.6 is 11.3 Å². The van der Waals surface area contributed by atoms with Gasteiger partial charge in [-0.15, -0.1) is 0 Å². The Kier molecular flexibility index (Phi) is 4.51. The number of carbonyl (C=O) groups excluding carboxylic acids is 1. The molecule has 5 nitrogen and oxygen atoms in total. The molecule has 0 radical (unpaired) electrons. The van der Waals surface area contributed by atoms with E-state index in [9.17, 15) is 4.79 Å². The van der Waals surface area contributed by atoms with Crippen molar-refractivity contribution in [2.24, 2.45) is 0 Å². The number of nitrogens with zero attached hydrogens (tertiary/aromatic N) is 3. The molecule has 29 heavy (non-hydrogen) atoms. The van der Waals surface area contributed by atoms with Crippen LogP contribution in [0.4, 0.5) is 5.13 Å². The number of hydrogen-bond donors (Lipinski definition) is 0. The summed E-state index contributed by atoms with van der Waals surface area (Å²) in [5.41, 5.74) is 3.92. The molecule has 2 aromatic heterocycles. The fourth-order valence-corrected chi connectivity index (χ4v) is 5.01. The van der Waals surface area contributed by atoms with E-state index < -0.39 is 0 Å². The highest BCUT2D eigenvalue weighted by molar-refractivity contribution is 7.22. The van der Waals surface area contributed by atoms with Crippen molar-refractivity contribution in [1.29, 1.82) is 0 Å². The maximum Gasteiger partial charge on any atom is 0.289 e. The molecule has 0 saturated carbocycles. The van der Waals surface area contributed by atoms with Gasteiger partial charge in [0.25, 0.3) is 5.91 Å². The lowest BCUT2D eigenvalue weighted by Crippen LogP contribution is -2.35. The number of thiazole rings is 1. The Hall–Kier alpha value is -2.86. The van der Waals surface area contributed by atoms with Crippen LogP contribution in [0.3, 0.4) is 0 Å². The second-order valence-electron chi connectivity index (χ2n) is 7.65. The molecule has 6 heteroatoms. The third-order valence-corrected chi connectivity index (χ3v) is 6.72. The highest BCUT2D eigenvalue weighted by Crippen LogP contribution is 2.30. The van der Waals surface area contributed by atoms with Gasteiger partial charge in [-0.25, -0.2) is 4.98 Å². The first-order chi connectivity index (χ1) is 14.1. The van der Waals surface area contributed by atoms with E-state index in [1.165, 1.54) is 10.3 Å². The maximum absolute atomic E-state index is 13.2. The molecule has 1 aliphatic rings. The number of fused-ring (bicyclic) bond motifs is 2. The van der Waals surface area contributed by atoms with E-state index >= 15 is 0 Å². The average molecular weight is 406 g/mol. The normalized spacial score (nSPS) is 15.2. The number of amides is 1. The number of benzene rings is 2. The third kappa shape index (κ3) is 3.27. The highest BCUT2D eigenvalue weighted by Gasteiger charge is 2.26. The summed E-state index contributed by atoms with van der Waals surface area (Å²) in [6.07, 6.45) is 0.917. The van der Waals surface area contributed by atoms with Crippen molar-refractivity contribution in [2.45, 2.75) is 20.3 Å². The van der Waals surface area contributed by atoms with Crippen LogP contribution in [0.15, 0.2) is 46.9 Å². The van der Waals surface area contributed by atoms with E-state index in [0.29, 0.717) is 12.3 Å². The summed E-state index contributed by atoms with van der Waals surface area (Å²) in [6, 6.07) is 14.3. The number of furan rings is 1. The fourth-order valence-electron chi connectivity index (χ4n) is 3.99. The van der Waals surface area contributed by atoms with Gasteiger partial charge in [-0.2, -0.15) is 0 Å². The molecule has 0 spiro atoms. The molecule has 2 aromatic carbocycles. The summed E-state index contributed by atoms with van der Waals surface area (Å²) in [5, 5.41) is 2.06. The largest absolute Gasteiger partial charge is 0.451 e. The SMILES string of the molecule is Cc1ccc2oc(C(=O)N3CCCN(c4nc5ccccc5s4)CC3)c(C)c2c1. The van der Waals surface area contributed by atoms with Crippen molar-refractivity contribution in [3.05, 3.63) is 59.4 Å². The lowest BCUT2D eigenvalue weighted by atomic mass is 10.1. The molecule has 0 N–H and O–H groups in total. The van der Waals surface area contributed by atoms with Crippen molar-refractivity contribution in [1.82, 2.24) is 9.88 Å². The van der Waals surface area contributed by atoms with Crippen LogP contribution in [-0.4, -0.2) is 42.0 Å². The van der Waals surface area contributed by atoms with Gasteiger partial charge >= 0.3 is 0 Å². The topological polar surface area (TPSA) is 49.6 Å². The Morgan fingerprint density at radius 2 is 1.93 bits per heavy atom. The molecule has 0 atom stereocenters. The zero-order chi connectivity index (χ0) is 20.0. The Morgan fingerprint density at radius 1 is 1.07 bits per heavy atom. The molecular weight excluding hydrogens is 382 g/mol. The lowest BCUT2D eigenvalue weighted by Gasteiger charge is -2.21. The summed E-state index contributed by atoms with van der Waals surface area (Å²) < 4.78 is 7.15. The van der Waals surface area contributed by atoms with E-state index in [2.05, 4.69) is 30.0 Å². The quantitative estimate of drug-likeness (QED) is 0.470. The molecule has 0 aliphatic carbocycles. The molecular formula is C23H23N3O2S. The van der Waals surface area contributed by atoms with E-state index in [1.807, 2.05) is 36.1 Å². The molecule has 5 rings (SSSR count). The first kappa shape index (κ1) is 18.2. The number of para-hydroxylation sites is 1. The Bertz CT molecular complexity index is 1180. The highest BCUT2D eigenvalue weighted by atomic mass is 32.1. The van der Waals surface area contributed by atoms with Crippen LogP contribution in [0.25, 0.3) is 21.2 Å². The van der Waals surface area contributed by atoms with E-state index in [4.69, 9.17) is 9.40 Å². The first-order valence-corrected chi connectivity index (χ1v) is 10.8. The first-order valence-electron chi connectivity index (χ1n) is 10.00. The van der Waals surface area contributed by atoms with Gasteiger partial charge < -0.3 is 14.2 Å². The van der Waals surface area contributed by atoms with Crippen molar-refractivity contribution in [3.63, 3.8) is 0 Å². The van der Waals surface area contributed by atoms with Crippen molar-refractivity contribution >= 4 is 43.6 Å². The third-order valence-electron chi connectivity index (χ3n) is 5.62. The number of aromatic nitrogens is 1. The zero-order valence-corrected chi connectivity index (χ0v) is 17.5. The van der Waals surface area contributed by atoms with Gasteiger partial charge in [-0.1, -0.05) is 35.1 Å². The summed E-state index contributed by atoms with van der Waals surface area (Å²) in [6.45, 7) is 7.12. The van der Waals surface area contributed by atoms with Crippen LogP contribution in [0, 0.1) is 13.8 Å². The summed E-state index contributed by atoms with van der Waals surface area (Å²) in [4.78, 5) is 22.2. The van der Waals surface area contributed by atoms with Gasteiger partial charge in [0, 0.05) is 37.1 Å². The van der Waals surface area contributed by atoms with Crippen molar-refractivity contribution < 1.29 is 9.21 Å². The van der Waals surface area contributed by atoms with Crippen LogP contribution in [0.2, 0.25) is 0 Å². The van der Waals surface area contributed by atoms with Crippen LogP contribution in [0.5, 0.6) is 0 Å². The minimum atomic E-state index is -0.0116. The molecule has 148 valence electrons. The predicted octanol–water partition coefficient (Wildman–Crippen LogP) is 5.01. The summed E-state index contributed by atoms with van der Waals surface area (Å²) in [7, 11) is 0. The number of hydrogen-bond acceptors (Lipinski definition) is 5. The molecule has 1 amide bonds. The summed E-state index contributed by atoms with van der Waals surface area (Å²) >= 11 is 1.72. The minimum Gasteiger partial charge on any atom is -0.451 e. The van der Waals surface area contributed by atoms with Gasteiger partial charge in [0.2, 0.25) is 0 Å². The second kappa shape index (κ2) is 7.19. The van der Waals surface area contributed by atoms with E-state index in [1.54, 1.807) is 11.3 Å². The smallest absolute Gasteiger partial charge is 0.289 e. The Labute approximate surface area is 173 Å². The van der Waals surface area contributed by atoms with E-state index in [0.717, 1.165) is 53.2 Å². The van der Waals surface area contributed by atoms with Gasteiger partial charge in [0.15, 0.2) is 10.9 Å². The second-order valence-corrected chi connectivity index (χ2v) is 8.66. The molecule has 4 aromatic rings.